The summed E-state index contributed by atoms with van der Waals surface area (Å²) in [7, 11) is 0.312. The Balaban J connectivity index is 0. The van der Waals surface area contributed by atoms with Crippen molar-refractivity contribution in [2.45, 2.75) is 103 Å². The van der Waals surface area contributed by atoms with Gasteiger partial charge in [-0.25, -0.2) is 0 Å². The molecule has 24 heavy (non-hydrogen) atoms. The van der Waals surface area contributed by atoms with E-state index in [1.165, 1.54) is 95.6 Å². The summed E-state index contributed by atoms with van der Waals surface area (Å²) < 4.78 is 0. The molecule has 0 saturated heterocycles. The molecule has 1 atom stereocenters. The van der Waals surface area contributed by atoms with Crippen LogP contribution in [-0.4, -0.2) is 34.3 Å². The lowest BCUT2D eigenvalue weighted by Gasteiger charge is -2.04. The van der Waals surface area contributed by atoms with E-state index >= 15 is 0 Å². The van der Waals surface area contributed by atoms with Crippen molar-refractivity contribution in [2.75, 3.05) is 17.8 Å². The molecular formula is C20H42O3S. The number of carbonyl (C=O) groups is 1. The Morgan fingerprint density at radius 1 is 0.708 bits per heavy atom. The predicted octanol–water partition coefficient (Wildman–Crippen LogP) is 6.01. The number of hydrogen-bond donors (Lipinski definition) is 1. The van der Waals surface area contributed by atoms with Gasteiger partial charge in [-0.2, -0.15) is 0 Å². The monoisotopic (exact) mass is 362 g/mol. The second-order valence-corrected chi connectivity index (χ2v) is 9.31. The molecule has 3 nitrogen and oxygen atoms in total. The molecule has 0 amide bonds. The van der Waals surface area contributed by atoms with E-state index in [2.05, 4.69) is 13.2 Å². The first-order chi connectivity index (χ1) is 11.2. The topological polar surface area (TPSA) is 67.3 Å². The van der Waals surface area contributed by atoms with Crippen molar-refractivity contribution in [3.8, 4) is 0 Å². The largest absolute Gasteiger partial charge is 0.870 e. The third-order valence-corrected chi connectivity index (χ3v) is 6.40. The number of carboxylic acids is 1. The lowest BCUT2D eigenvalue weighted by atomic mass is 10.0. The molecular weight excluding hydrogens is 320 g/mol. The molecule has 0 aliphatic rings. The molecule has 0 aliphatic heterocycles. The molecule has 0 aromatic rings. The van der Waals surface area contributed by atoms with E-state index in [-0.39, 0.29) is 5.48 Å². The fourth-order valence-corrected chi connectivity index (χ4v) is 4.33. The summed E-state index contributed by atoms with van der Waals surface area (Å²) in [6.07, 6.45) is 22.2. The lowest BCUT2D eigenvalue weighted by molar-refractivity contribution is -0.136. The maximum Gasteiger partial charge on any atom is 0.308 e. The van der Waals surface area contributed by atoms with E-state index in [0.29, 0.717) is 17.3 Å². The molecule has 146 valence electrons. The third-order valence-electron chi connectivity index (χ3n) is 4.51. The molecule has 1 unspecified atom stereocenters. The first-order valence-corrected chi connectivity index (χ1v) is 11.9. The van der Waals surface area contributed by atoms with Crippen LogP contribution in [0.2, 0.25) is 0 Å². The van der Waals surface area contributed by atoms with Gasteiger partial charge in [-0.15, -0.1) is 0 Å². The number of hydrogen-bond acceptors (Lipinski definition) is 2. The Labute approximate surface area is 153 Å². The van der Waals surface area contributed by atoms with Crippen molar-refractivity contribution < 1.29 is 15.4 Å². The number of carboxylic acid groups (broad SMARTS) is 1. The minimum Gasteiger partial charge on any atom is -0.870 e. The Morgan fingerprint density at radius 2 is 1.08 bits per heavy atom. The van der Waals surface area contributed by atoms with Crippen LogP contribution in [0.1, 0.15) is 103 Å². The molecule has 0 bridgehead atoms. The van der Waals surface area contributed by atoms with Crippen LogP contribution < -0.4 is 0 Å². The van der Waals surface area contributed by atoms with Crippen LogP contribution in [0.5, 0.6) is 0 Å². The second-order valence-electron chi connectivity index (χ2n) is 6.93. The molecule has 0 fully saturated rings. The van der Waals surface area contributed by atoms with Crippen LogP contribution in [0.3, 0.4) is 0 Å². The molecule has 0 rings (SSSR count). The van der Waals surface area contributed by atoms with Crippen LogP contribution >= 0.6 is 0 Å². The fourth-order valence-electron chi connectivity index (χ4n) is 2.91. The van der Waals surface area contributed by atoms with Crippen LogP contribution in [-0.2, 0) is 15.7 Å². The molecule has 0 aromatic carbocycles. The fraction of sp³-hybridized carbons (Fsp3) is 0.950. The summed E-state index contributed by atoms with van der Waals surface area (Å²) in [5, 5.41) is 8.66. The zero-order chi connectivity index (χ0) is 17.2. The SMILES string of the molecule is CCCCCCCCCCCCCCCC[S+](C)CCC(=O)O.[OH-]. The summed E-state index contributed by atoms with van der Waals surface area (Å²) in [6.45, 7) is 2.28. The average molecular weight is 363 g/mol. The van der Waals surface area contributed by atoms with E-state index in [0.717, 1.165) is 5.75 Å². The summed E-state index contributed by atoms with van der Waals surface area (Å²) in [5.74, 6) is 1.45. The minimum absolute atomic E-state index is 0. The van der Waals surface area contributed by atoms with E-state index in [1.807, 2.05) is 0 Å². The highest BCUT2D eigenvalue weighted by Crippen LogP contribution is 2.13. The Kier molecular flexibility index (Phi) is 22.6. The van der Waals surface area contributed by atoms with Gasteiger partial charge in [-0.1, -0.05) is 84.0 Å². The predicted molar refractivity (Wildman–Crippen MR) is 108 cm³/mol. The van der Waals surface area contributed by atoms with E-state index in [1.54, 1.807) is 0 Å². The standard InChI is InChI=1S/C20H40O2S.H2O/c1-3-4-5-6-7-8-9-10-11-12-13-14-15-16-18-23(2)19-17-20(21)22;/h3-19H2,1-2H3;1H2. The van der Waals surface area contributed by atoms with E-state index in [4.69, 9.17) is 5.11 Å². The van der Waals surface area contributed by atoms with Crippen molar-refractivity contribution >= 4 is 16.9 Å². The number of rotatable bonds is 18. The maximum atomic E-state index is 10.5. The summed E-state index contributed by atoms with van der Waals surface area (Å²) in [4.78, 5) is 10.5. The Bertz CT molecular complexity index is 259. The van der Waals surface area contributed by atoms with Crippen LogP contribution in [0.15, 0.2) is 0 Å². The Morgan fingerprint density at radius 3 is 1.46 bits per heavy atom. The normalized spacial score (nSPS) is 11.9. The van der Waals surface area contributed by atoms with Gasteiger partial charge in [-0.05, 0) is 23.7 Å². The first kappa shape index (κ1) is 26.0. The highest BCUT2D eigenvalue weighted by Gasteiger charge is 2.12. The molecule has 4 heteroatoms. The van der Waals surface area contributed by atoms with Crippen LogP contribution in [0.4, 0.5) is 0 Å². The average Bonchev–Trinajstić information content (AvgIpc) is 2.53. The highest BCUT2D eigenvalue weighted by atomic mass is 32.2. The molecule has 2 N–H and O–H groups in total. The van der Waals surface area contributed by atoms with Gasteiger partial charge in [0.2, 0.25) is 0 Å². The molecule has 0 aromatic heterocycles. The van der Waals surface area contributed by atoms with Gasteiger partial charge in [0.25, 0.3) is 0 Å². The van der Waals surface area contributed by atoms with Crippen molar-refractivity contribution in [3.63, 3.8) is 0 Å². The zero-order valence-electron chi connectivity index (χ0n) is 16.2. The summed E-state index contributed by atoms with van der Waals surface area (Å²) in [5.41, 5.74) is 0. The zero-order valence-corrected chi connectivity index (χ0v) is 17.0. The lowest BCUT2D eigenvalue weighted by Crippen LogP contribution is -2.13. The second kappa shape index (κ2) is 20.8. The summed E-state index contributed by atoms with van der Waals surface area (Å²) in [6, 6.07) is 0. The molecule has 0 spiro atoms. The highest BCUT2D eigenvalue weighted by molar-refractivity contribution is 7.96. The van der Waals surface area contributed by atoms with E-state index in [9.17, 15) is 4.79 Å². The molecule has 0 radical (unpaired) electrons. The number of aliphatic carboxylic acids is 1. The Hall–Kier alpha value is -0.220. The maximum absolute atomic E-state index is 10.5. The van der Waals surface area contributed by atoms with E-state index < -0.39 is 5.97 Å². The van der Waals surface area contributed by atoms with Gasteiger partial charge >= 0.3 is 5.97 Å². The van der Waals surface area contributed by atoms with Crippen molar-refractivity contribution in [3.05, 3.63) is 0 Å². The third kappa shape index (κ3) is 21.8. The van der Waals surface area contributed by atoms with Gasteiger partial charge in [-0.3, -0.25) is 4.79 Å². The van der Waals surface area contributed by atoms with Gasteiger partial charge in [0.15, 0.2) is 0 Å². The van der Waals surface area contributed by atoms with Crippen molar-refractivity contribution in [1.29, 1.82) is 0 Å². The van der Waals surface area contributed by atoms with Crippen molar-refractivity contribution in [1.82, 2.24) is 0 Å². The van der Waals surface area contributed by atoms with Crippen LogP contribution in [0, 0.1) is 0 Å². The molecule has 0 aliphatic carbocycles. The van der Waals surface area contributed by atoms with Crippen LogP contribution in [0.25, 0.3) is 0 Å². The van der Waals surface area contributed by atoms with Gasteiger partial charge in [0.1, 0.15) is 11.5 Å². The van der Waals surface area contributed by atoms with Crippen molar-refractivity contribution in [2.24, 2.45) is 0 Å². The minimum atomic E-state index is -0.648. The smallest absolute Gasteiger partial charge is 0.308 e. The molecule has 0 heterocycles. The molecule has 0 saturated carbocycles. The number of unbranched alkanes of at least 4 members (excludes halogenated alkanes) is 13. The van der Waals surface area contributed by atoms with Gasteiger partial charge in [0, 0.05) is 0 Å². The first-order valence-electron chi connectivity index (χ1n) is 9.97. The quantitative estimate of drug-likeness (QED) is 0.240. The van der Waals surface area contributed by atoms with Gasteiger partial charge < -0.3 is 10.6 Å². The van der Waals surface area contributed by atoms with Gasteiger partial charge in [0.05, 0.1) is 12.7 Å². The summed E-state index contributed by atoms with van der Waals surface area (Å²) >= 11 is 0.